The molecule has 0 aliphatic carbocycles. The monoisotopic (exact) mass is 402 g/mol. The Kier molecular flexibility index (Phi) is 4.61. The van der Waals surface area contributed by atoms with Crippen LogP contribution in [0.4, 0.5) is 4.39 Å². The lowest BCUT2D eigenvalue weighted by Crippen LogP contribution is -2.13. The summed E-state index contributed by atoms with van der Waals surface area (Å²) in [6, 6.07) is 9.33. The van der Waals surface area contributed by atoms with Gasteiger partial charge in [-0.2, -0.15) is 0 Å². The van der Waals surface area contributed by atoms with Crippen molar-refractivity contribution in [3.63, 3.8) is 0 Å². The molecule has 2 aromatic carbocycles. The van der Waals surface area contributed by atoms with Crippen molar-refractivity contribution >= 4 is 37.7 Å². The molecule has 0 heterocycles. The van der Waals surface area contributed by atoms with E-state index in [2.05, 4.69) is 37.0 Å². The fourth-order valence-electron chi connectivity index (χ4n) is 1.50. The fourth-order valence-corrected chi connectivity index (χ4v) is 2.42. The minimum Gasteiger partial charge on any atom is -0.457 e. The third kappa shape index (κ3) is 3.29. The van der Waals surface area contributed by atoms with Crippen LogP contribution in [0.25, 0.3) is 0 Å². The largest absolute Gasteiger partial charge is 0.457 e. The number of amidine groups is 1. The van der Waals surface area contributed by atoms with E-state index < -0.39 is 0 Å². The summed E-state index contributed by atoms with van der Waals surface area (Å²) in [6.45, 7) is 0. The Hall–Kier alpha value is -1.60. The summed E-state index contributed by atoms with van der Waals surface area (Å²) in [5, 5.41) is 11.6. The van der Waals surface area contributed by atoms with Crippen molar-refractivity contribution in [2.45, 2.75) is 0 Å². The van der Waals surface area contributed by atoms with Crippen molar-refractivity contribution in [2.24, 2.45) is 10.9 Å². The molecular formula is C13H9Br2FN2O2. The number of oxime groups is 1. The summed E-state index contributed by atoms with van der Waals surface area (Å²) in [5.74, 6) is 0.653. The van der Waals surface area contributed by atoms with Crippen molar-refractivity contribution in [2.75, 3.05) is 0 Å². The lowest BCUT2D eigenvalue weighted by Gasteiger charge is -2.09. The number of hydrogen-bond donors (Lipinski definition) is 2. The van der Waals surface area contributed by atoms with E-state index in [0.717, 1.165) is 0 Å². The quantitative estimate of drug-likeness (QED) is 0.348. The van der Waals surface area contributed by atoms with Gasteiger partial charge in [-0.1, -0.05) is 5.16 Å². The Morgan fingerprint density at radius 1 is 1.10 bits per heavy atom. The van der Waals surface area contributed by atoms with E-state index in [4.69, 9.17) is 15.7 Å². The molecule has 2 aromatic rings. The number of nitrogens with zero attached hydrogens (tertiary/aromatic N) is 1. The summed E-state index contributed by atoms with van der Waals surface area (Å²) in [7, 11) is 0. The molecule has 0 saturated carbocycles. The highest BCUT2D eigenvalue weighted by molar-refractivity contribution is 9.10. The second kappa shape index (κ2) is 6.23. The van der Waals surface area contributed by atoms with E-state index >= 15 is 0 Å². The predicted octanol–water partition coefficient (Wildman–Crippen LogP) is 4.24. The molecule has 0 radical (unpaired) electrons. The van der Waals surface area contributed by atoms with Gasteiger partial charge in [-0.25, -0.2) is 4.39 Å². The maximum atomic E-state index is 13.1. The molecule has 0 spiro atoms. The maximum Gasteiger partial charge on any atom is 0.171 e. The molecule has 0 amide bonds. The lowest BCUT2D eigenvalue weighted by atomic mass is 10.2. The first-order chi connectivity index (χ1) is 9.51. The zero-order valence-electron chi connectivity index (χ0n) is 9.98. The summed E-state index contributed by atoms with van der Waals surface area (Å²) < 4.78 is 19.7. The number of nitrogens with two attached hydrogens (primary N) is 1. The van der Waals surface area contributed by atoms with Gasteiger partial charge in [0.1, 0.15) is 17.3 Å². The van der Waals surface area contributed by atoms with E-state index in [0.29, 0.717) is 26.0 Å². The molecule has 4 nitrogen and oxygen atoms in total. The van der Waals surface area contributed by atoms with Crippen LogP contribution in [0.2, 0.25) is 0 Å². The van der Waals surface area contributed by atoms with E-state index in [1.807, 2.05) is 0 Å². The summed E-state index contributed by atoms with van der Waals surface area (Å²) in [5.41, 5.74) is 6.06. The van der Waals surface area contributed by atoms with Gasteiger partial charge in [0.15, 0.2) is 5.84 Å². The minimum atomic E-state index is -0.360. The Balaban J connectivity index is 2.26. The summed E-state index contributed by atoms with van der Waals surface area (Å²) in [6.07, 6.45) is 0. The van der Waals surface area contributed by atoms with Crippen LogP contribution >= 0.6 is 31.9 Å². The smallest absolute Gasteiger partial charge is 0.171 e. The molecule has 20 heavy (non-hydrogen) atoms. The van der Waals surface area contributed by atoms with Crippen LogP contribution in [0, 0.1) is 5.82 Å². The van der Waals surface area contributed by atoms with Crippen molar-refractivity contribution in [1.82, 2.24) is 0 Å². The normalized spacial score (nSPS) is 11.4. The van der Waals surface area contributed by atoms with Gasteiger partial charge in [0, 0.05) is 10.0 Å². The molecule has 0 atom stereocenters. The summed E-state index contributed by atoms with van der Waals surface area (Å²) >= 11 is 6.40. The van der Waals surface area contributed by atoms with Crippen molar-refractivity contribution in [1.29, 1.82) is 0 Å². The summed E-state index contributed by atoms with van der Waals surface area (Å²) in [4.78, 5) is 0. The zero-order chi connectivity index (χ0) is 14.7. The predicted molar refractivity (Wildman–Crippen MR) is 80.8 cm³/mol. The van der Waals surface area contributed by atoms with Crippen LogP contribution in [0.1, 0.15) is 5.56 Å². The van der Waals surface area contributed by atoms with Crippen molar-refractivity contribution in [3.8, 4) is 11.5 Å². The van der Waals surface area contributed by atoms with Crippen LogP contribution in [-0.4, -0.2) is 11.0 Å². The third-order valence-electron chi connectivity index (χ3n) is 2.45. The Labute approximate surface area is 131 Å². The van der Waals surface area contributed by atoms with E-state index in [1.165, 1.54) is 18.2 Å². The topological polar surface area (TPSA) is 67.8 Å². The van der Waals surface area contributed by atoms with Crippen LogP contribution in [-0.2, 0) is 0 Å². The van der Waals surface area contributed by atoms with Gasteiger partial charge >= 0.3 is 0 Å². The number of hydrogen-bond acceptors (Lipinski definition) is 3. The molecule has 2 rings (SSSR count). The first kappa shape index (κ1) is 14.8. The Morgan fingerprint density at radius 2 is 1.70 bits per heavy atom. The van der Waals surface area contributed by atoms with Gasteiger partial charge in [-0.3, -0.25) is 0 Å². The zero-order valence-corrected chi connectivity index (χ0v) is 13.2. The maximum absolute atomic E-state index is 13.1. The number of rotatable bonds is 3. The average molecular weight is 404 g/mol. The Bertz CT molecular complexity index is 677. The molecule has 104 valence electrons. The molecule has 0 bridgehead atoms. The molecule has 3 N–H and O–H groups in total. The average Bonchev–Trinajstić information content (AvgIpc) is 2.42. The second-order valence-corrected chi connectivity index (χ2v) is 5.51. The standard InChI is InChI=1S/C13H9Br2FN2O2/c14-10-5-7(1-3-9(10)13(17)18-19)20-8-2-4-12(16)11(15)6-8/h1-6,19H,(H2,17,18). The highest BCUT2D eigenvalue weighted by atomic mass is 79.9. The van der Waals surface area contributed by atoms with Gasteiger partial charge in [0.25, 0.3) is 0 Å². The second-order valence-electron chi connectivity index (χ2n) is 3.80. The highest BCUT2D eigenvalue weighted by Gasteiger charge is 2.08. The Morgan fingerprint density at radius 3 is 2.25 bits per heavy atom. The van der Waals surface area contributed by atoms with Gasteiger partial charge in [0.05, 0.1) is 4.47 Å². The molecule has 0 fully saturated rings. The van der Waals surface area contributed by atoms with Crippen molar-refractivity contribution < 1.29 is 14.3 Å². The van der Waals surface area contributed by atoms with E-state index in [1.54, 1.807) is 18.2 Å². The molecule has 0 aromatic heterocycles. The van der Waals surface area contributed by atoms with Crippen LogP contribution in [0.5, 0.6) is 11.5 Å². The highest BCUT2D eigenvalue weighted by Crippen LogP contribution is 2.29. The molecule has 0 aliphatic rings. The van der Waals surface area contributed by atoms with Crippen LogP contribution in [0.3, 0.4) is 0 Å². The van der Waals surface area contributed by atoms with E-state index in [-0.39, 0.29) is 11.7 Å². The number of ether oxygens (including phenoxy) is 1. The molecule has 0 unspecified atom stereocenters. The number of halogens is 3. The van der Waals surface area contributed by atoms with Gasteiger partial charge in [-0.15, -0.1) is 0 Å². The van der Waals surface area contributed by atoms with Gasteiger partial charge < -0.3 is 15.7 Å². The van der Waals surface area contributed by atoms with Crippen LogP contribution < -0.4 is 10.5 Å². The molecule has 0 aliphatic heterocycles. The van der Waals surface area contributed by atoms with Crippen molar-refractivity contribution in [3.05, 3.63) is 56.7 Å². The molecule has 7 heteroatoms. The van der Waals surface area contributed by atoms with E-state index in [9.17, 15) is 4.39 Å². The van der Waals surface area contributed by atoms with Gasteiger partial charge in [-0.05, 0) is 68.3 Å². The van der Waals surface area contributed by atoms with Crippen LogP contribution in [0.15, 0.2) is 50.5 Å². The van der Waals surface area contributed by atoms with Gasteiger partial charge in [0.2, 0.25) is 0 Å². The first-order valence-electron chi connectivity index (χ1n) is 5.41. The lowest BCUT2D eigenvalue weighted by molar-refractivity contribution is 0.318. The first-order valence-corrected chi connectivity index (χ1v) is 7.00. The fraction of sp³-hybridized carbons (Fsp3) is 0. The number of benzene rings is 2. The third-order valence-corrected chi connectivity index (χ3v) is 3.71. The molecule has 0 saturated heterocycles. The minimum absolute atomic E-state index is 0.00653. The molecular weight excluding hydrogens is 395 g/mol. The SMILES string of the molecule is N/C(=N/O)c1ccc(Oc2ccc(F)c(Br)c2)cc1Br.